The van der Waals surface area contributed by atoms with Crippen molar-refractivity contribution in [2.75, 3.05) is 13.2 Å². The molecule has 0 aliphatic carbocycles. The molecule has 0 aromatic carbocycles. The average Bonchev–Trinajstić information content (AvgIpc) is 3.38. The van der Waals surface area contributed by atoms with Crippen molar-refractivity contribution in [3.05, 3.63) is 60.8 Å². The van der Waals surface area contributed by atoms with Crippen LogP contribution in [-0.4, -0.2) is 99.6 Å². The minimum absolute atomic E-state index is 0.0476. The Balaban J connectivity index is 2.76. The predicted molar refractivity (Wildman–Crippen MR) is 296 cm³/mol. The van der Waals surface area contributed by atoms with Crippen LogP contribution in [0.5, 0.6) is 0 Å². The molecule has 0 radical (unpaired) electrons. The molecule has 1 fully saturated rings. The summed E-state index contributed by atoms with van der Waals surface area (Å²) in [6.07, 6.45) is 49.8. The number of ether oxygens (including phenoxy) is 3. The van der Waals surface area contributed by atoms with Gasteiger partial charge in [-0.3, -0.25) is 9.59 Å². The number of carbonyl (C=O) groups excluding carboxylic acids is 2. The van der Waals surface area contributed by atoms with Crippen molar-refractivity contribution in [2.24, 2.45) is 0 Å². The van der Waals surface area contributed by atoms with Crippen molar-refractivity contribution in [1.29, 1.82) is 0 Å². The summed E-state index contributed by atoms with van der Waals surface area (Å²) in [4.78, 5) is 26.4. The molecule has 72 heavy (non-hydrogen) atoms. The third kappa shape index (κ3) is 37.1. The van der Waals surface area contributed by atoms with Crippen LogP contribution < -0.4 is 5.32 Å². The normalized spacial score (nSPS) is 19.9. The maximum Gasteiger partial charge on any atom is 0.306 e. The van der Waals surface area contributed by atoms with E-state index in [-0.39, 0.29) is 19.4 Å². The molecule has 0 spiro atoms. The Morgan fingerprint density at radius 3 is 1.46 bits per heavy atom. The zero-order valence-corrected chi connectivity index (χ0v) is 46.0. The predicted octanol–water partition coefficient (Wildman–Crippen LogP) is 13.4. The van der Waals surface area contributed by atoms with Crippen LogP contribution in [-0.2, 0) is 23.8 Å². The highest BCUT2D eigenvalue weighted by Gasteiger charge is 2.47. The highest BCUT2D eigenvalue weighted by molar-refractivity contribution is 5.80. The minimum Gasteiger partial charge on any atom is -0.454 e. The lowest BCUT2D eigenvalue weighted by Gasteiger charge is -2.41. The first-order valence-corrected chi connectivity index (χ1v) is 29.6. The van der Waals surface area contributed by atoms with E-state index in [1.54, 1.807) is 6.08 Å². The van der Waals surface area contributed by atoms with Gasteiger partial charge in [-0.2, -0.15) is 0 Å². The summed E-state index contributed by atoms with van der Waals surface area (Å²) in [5.74, 6) is -1.25. The Labute approximate surface area is 439 Å². The molecular formula is C61H109NO10. The van der Waals surface area contributed by atoms with Crippen LogP contribution in [0, 0.1) is 0 Å². The molecule has 1 saturated heterocycles. The zero-order valence-electron chi connectivity index (χ0n) is 46.0. The molecule has 0 bridgehead atoms. The van der Waals surface area contributed by atoms with E-state index in [0.29, 0.717) is 19.3 Å². The Morgan fingerprint density at radius 2 is 0.958 bits per heavy atom. The van der Waals surface area contributed by atoms with E-state index in [1.165, 1.54) is 135 Å². The van der Waals surface area contributed by atoms with Gasteiger partial charge in [-0.15, -0.1) is 0 Å². The van der Waals surface area contributed by atoms with Crippen LogP contribution in [0.2, 0.25) is 0 Å². The van der Waals surface area contributed by atoms with E-state index < -0.39 is 67.4 Å². The second-order valence-electron chi connectivity index (χ2n) is 20.4. The molecule has 1 rings (SSSR count). The molecular weight excluding hydrogens is 907 g/mol. The number of rotatable bonds is 49. The maximum absolute atomic E-state index is 13.4. The van der Waals surface area contributed by atoms with Crippen LogP contribution in [0.25, 0.3) is 0 Å². The summed E-state index contributed by atoms with van der Waals surface area (Å²) >= 11 is 0. The summed E-state index contributed by atoms with van der Waals surface area (Å²) in [5, 5.41) is 56.8. The number of allylic oxidation sites excluding steroid dienone is 9. The molecule has 11 nitrogen and oxygen atoms in total. The summed E-state index contributed by atoms with van der Waals surface area (Å²) in [5.41, 5.74) is 0. The lowest BCUT2D eigenvalue weighted by Crippen LogP contribution is -2.61. The number of aliphatic hydroxyl groups excluding tert-OH is 5. The lowest BCUT2D eigenvalue weighted by atomic mass is 9.99. The molecule has 1 aliphatic heterocycles. The van der Waals surface area contributed by atoms with E-state index in [4.69, 9.17) is 14.2 Å². The van der Waals surface area contributed by atoms with Gasteiger partial charge in [0.2, 0.25) is 5.91 Å². The Kier molecular flexibility index (Phi) is 46.1. The second-order valence-corrected chi connectivity index (χ2v) is 20.4. The lowest BCUT2D eigenvalue weighted by molar-refractivity contribution is -0.305. The van der Waals surface area contributed by atoms with Crippen LogP contribution in [0.15, 0.2) is 60.8 Å². The molecule has 8 unspecified atom stereocenters. The van der Waals surface area contributed by atoms with Gasteiger partial charge in [-0.1, -0.05) is 242 Å². The number of aliphatic hydroxyl groups is 5. The van der Waals surface area contributed by atoms with Gasteiger partial charge in [-0.25, -0.2) is 0 Å². The van der Waals surface area contributed by atoms with Gasteiger partial charge >= 0.3 is 5.97 Å². The Morgan fingerprint density at radius 1 is 0.542 bits per heavy atom. The Hall–Kier alpha value is -2.64. The van der Waals surface area contributed by atoms with Crippen molar-refractivity contribution in [1.82, 2.24) is 5.32 Å². The van der Waals surface area contributed by atoms with Gasteiger partial charge in [0.05, 0.1) is 25.4 Å². The van der Waals surface area contributed by atoms with Crippen LogP contribution in [0.3, 0.4) is 0 Å². The minimum atomic E-state index is -1.64. The van der Waals surface area contributed by atoms with Gasteiger partial charge in [0.25, 0.3) is 0 Å². The van der Waals surface area contributed by atoms with E-state index in [0.717, 1.165) is 64.2 Å². The average molecular weight is 1020 g/mol. The molecule has 418 valence electrons. The number of carbonyl (C=O) groups is 2. The molecule has 1 heterocycles. The highest BCUT2D eigenvalue weighted by atomic mass is 16.7. The molecule has 1 aliphatic rings. The molecule has 0 aromatic heterocycles. The smallest absolute Gasteiger partial charge is 0.306 e. The fraction of sp³-hybridized carbons (Fsp3) is 0.803. The summed E-state index contributed by atoms with van der Waals surface area (Å²) < 4.78 is 17.5. The van der Waals surface area contributed by atoms with Gasteiger partial charge in [0.15, 0.2) is 12.4 Å². The third-order valence-electron chi connectivity index (χ3n) is 13.7. The van der Waals surface area contributed by atoms with Gasteiger partial charge < -0.3 is 45.1 Å². The number of hydrogen-bond acceptors (Lipinski definition) is 10. The molecule has 1 amide bonds. The fourth-order valence-corrected chi connectivity index (χ4v) is 8.94. The van der Waals surface area contributed by atoms with Crippen molar-refractivity contribution >= 4 is 11.9 Å². The van der Waals surface area contributed by atoms with Crippen LogP contribution >= 0.6 is 0 Å². The first-order valence-electron chi connectivity index (χ1n) is 29.6. The number of hydrogen-bond donors (Lipinski definition) is 6. The van der Waals surface area contributed by atoms with Crippen molar-refractivity contribution in [3.8, 4) is 0 Å². The third-order valence-corrected chi connectivity index (χ3v) is 13.7. The molecule has 0 aromatic rings. The van der Waals surface area contributed by atoms with E-state index in [1.807, 2.05) is 12.2 Å². The van der Waals surface area contributed by atoms with E-state index >= 15 is 0 Å². The topological polar surface area (TPSA) is 175 Å². The van der Waals surface area contributed by atoms with Crippen molar-refractivity contribution in [3.63, 3.8) is 0 Å². The quantitative estimate of drug-likeness (QED) is 0.0195. The van der Waals surface area contributed by atoms with E-state index in [9.17, 15) is 35.1 Å². The SMILES string of the molecule is CCCCC/C=C\C/C=C\C/C=C\C/C=C\CCCC(=O)OC1C(OCC(NC(=O)C(O)CCCCCCCCCCCCCCC)C(O)/C=C/CCCCCCCCCCCCC)OC(CO)C(O)C1O. The second kappa shape index (κ2) is 49.2. The van der Waals surface area contributed by atoms with E-state index in [2.05, 4.69) is 68.6 Å². The summed E-state index contributed by atoms with van der Waals surface area (Å²) in [6, 6.07) is -1.03. The molecule has 6 N–H and O–H groups in total. The van der Waals surface area contributed by atoms with Crippen LogP contribution in [0.1, 0.15) is 252 Å². The number of esters is 1. The standard InChI is InChI=1S/C61H109NO10/c1-4-7-10-13-16-19-22-25-26-27-28-31-34-37-40-43-46-49-56(66)72-59-58(68)57(67)55(50-63)71-61(59)70-51-52(53(64)47-44-41-38-35-32-29-23-20-17-14-11-8-5-2)62-60(69)54(65)48-45-42-39-36-33-30-24-21-18-15-12-9-6-3/h16,19,25-26,28,31,37,40,44,47,52-55,57-59,61,63-65,67-68H,4-15,17-18,20-24,27,29-30,32-36,38-39,41-43,45-46,48-51H2,1-3H3,(H,62,69)/b19-16-,26-25-,31-28-,40-37-,47-44+. The van der Waals surface area contributed by atoms with Gasteiger partial charge in [0, 0.05) is 6.42 Å². The fourth-order valence-electron chi connectivity index (χ4n) is 8.94. The number of unbranched alkanes of at least 4 members (excludes halogenated alkanes) is 27. The monoisotopic (exact) mass is 1020 g/mol. The Bertz CT molecular complexity index is 1400. The van der Waals surface area contributed by atoms with Gasteiger partial charge in [0.1, 0.15) is 24.4 Å². The maximum atomic E-state index is 13.4. The molecule has 11 heteroatoms. The highest BCUT2D eigenvalue weighted by Crippen LogP contribution is 2.26. The van der Waals surface area contributed by atoms with Crippen molar-refractivity contribution < 1.29 is 49.3 Å². The first-order chi connectivity index (χ1) is 35.2. The number of amides is 1. The number of nitrogens with one attached hydrogen (secondary N) is 1. The zero-order chi connectivity index (χ0) is 52.5. The van der Waals surface area contributed by atoms with Gasteiger partial charge in [-0.05, 0) is 64.2 Å². The largest absolute Gasteiger partial charge is 0.454 e. The molecule has 0 saturated carbocycles. The van der Waals surface area contributed by atoms with Crippen LogP contribution in [0.4, 0.5) is 0 Å². The summed E-state index contributed by atoms with van der Waals surface area (Å²) in [6.45, 7) is 5.73. The first kappa shape index (κ1) is 67.4. The summed E-state index contributed by atoms with van der Waals surface area (Å²) in [7, 11) is 0. The van der Waals surface area contributed by atoms with Crippen molar-refractivity contribution in [2.45, 2.75) is 301 Å². The molecule has 8 atom stereocenters.